The van der Waals surface area contributed by atoms with E-state index >= 15 is 0 Å². The number of para-hydroxylation sites is 1. The molecule has 0 N–H and O–H groups in total. The average Bonchev–Trinajstić information content (AvgIpc) is 2.93. The number of imidazole rings is 1. The van der Waals surface area contributed by atoms with E-state index in [9.17, 15) is 13.2 Å². The molecule has 3 aromatic heterocycles. The highest BCUT2D eigenvalue weighted by molar-refractivity contribution is 5.88. The van der Waals surface area contributed by atoms with Gasteiger partial charge >= 0.3 is 6.18 Å². The average molecular weight is 355 g/mol. The van der Waals surface area contributed by atoms with Gasteiger partial charge in [-0.05, 0) is 31.2 Å². The molecule has 0 aliphatic rings. The number of benzene rings is 1. The van der Waals surface area contributed by atoms with Gasteiger partial charge in [0.05, 0.1) is 16.8 Å². The third-order valence-corrected chi connectivity index (χ3v) is 3.95. The van der Waals surface area contributed by atoms with Crippen molar-refractivity contribution in [3.63, 3.8) is 0 Å². The van der Waals surface area contributed by atoms with Gasteiger partial charge in [-0.15, -0.1) is 10.2 Å². The fraction of sp³-hybridized carbons (Fsp3) is 0.111. The standard InChI is InChI=1S/C18H12F3N5/c1-11-17(26-10-13(18(19,20)21)7-8-15(26)23-11)25-24-14-6-2-4-12-5-3-9-22-16(12)14/h2-10H,1H3. The lowest BCUT2D eigenvalue weighted by atomic mass is 10.2. The molecule has 5 nitrogen and oxygen atoms in total. The normalized spacial score (nSPS) is 12.5. The first-order valence-electron chi connectivity index (χ1n) is 7.75. The number of aryl methyl sites for hydroxylation is 1. The molecule has 0 aliphatic heterocycles. The van der Waals surface area contributed by atoms with Crippen LogP contribution in [0.3, 0.4) is 0 Å². The Bertz CT molecular complexity index is 1140. The van der Waals surface area contributed by atoms with Crippen molar-refractivity contribution in [2.45, 2.75) is 13.1 Å². The van der Waals surface area contributed by atoms with Crippen LogP contribution in [0.5, 0.6) is 0 Å². The number of rotatable bonds is 2. The molecule has 0 saturated heterocycles. The molecule has 0 amide bonds. The summed E-state index contributed by atoms with van der Waals surface area (Å²) in [5, 5.41) is 9.26. The largest absolute Gasteiger partial charge is 0.417 e. The molecule has 1 aromatic carbocycles. The first-order chi connectivity index (χ1) is 12.4. The van der Waals surface area contributed by atoms with Crippen LogP contribution in [0.4, 0.5) is 24.7 Å². The van der Waals surface area contributed by atoms with Crippen molar-refractivity contribution in [1.82, 2.24) is 14.4 Å². The minimum Gasteiger partial charge on any atom is -0.282 e. The number of hydrogen-bond acceptors (Lipinski definition) is 4. The van der Waals surface area contributed by atoms with Gasteiger partial charge in [0.2, 0.25) is 0 Å². The molecule has 0 saturated carbocycles. The van der Waals surface area contributed by atoms with E-state index in [1.54, 1.807) is 19.2 Å². The second kappa shape index (κ2) is 5.91. The molecule has 0 unspecified atom stereocenters. The number of pyridine rings is 2. The van der Waals surface area contributed by atoms with Crippen LogP contribution < -0.4 is 0 Å². The van der Waals surface area contributed by atoms with Crippen LogP contribution in [0.2, 0.25) is 0 Å². The molecule has 0 aliphatic carbocycles. The molecule has 0 fully saturated rings. The Labute approximate surface area is 145 Å². The van der Waals surface area contributed by atoms with Crippen molar-refractivity contribution < 1.29 is 13.2 Å². The Morgan fingerprint density at radius 2 is 1.81 bits per heavy atom. The highest BCUT2D eigenvalue weighted by Gasteiger charge is 2.31. The van der Waals surface area contributed by atoms with Gasteiger partial charge in [0, 0.05) is 17.8 Å². The summed E-state index contributed by atoms with van der Waals surface area (Å²) in [7, 11) is 0. The minimum absolute atomic E-state index is 0.249. The van der Waals surface area contributed by atoms with Gasteiger partial charge < -0.3 is 0 Å². The van der Waals surface area contributed by atoms with Crippen LogP contribution in [0.25, 0.3) is 16.6 Å². The molecule has 0 radical (unpaired) electrons. The van der Waals surface area contributed by atoms with Gasteiger partial charge in [0.1, 0.15) is 11.3 Å². The summed E-state index contributed by atoms with van der Waals surface area (Å²) in [6.07, 6.45) is -1.82. The predicted octanol–water partition coefficient (Wildman–Crippen LogP) is 5.63. The Hall–Kier alpha value is -3.29. The summed E-state index contributed by atoms with van der Waals surface area (Å²) < 4.78 is 40.2. The van der Waals surface area contributed by atoms with Gasteiger partial charge in [-0.3, -0.25) is 9.38 Å². The maximum Gasteiger partial charge on any atom is 0.417 e. The zero-order valence-electron chi connectivity index (χ0n) is 13.6. The van der Waals surface area contributed by atoms with Gasteiger partial charge in [0.15, 0.2) is 5.82 Å². The monoisotopic (exact) mass is 355 g/mol. The first-order valence-corrected chi connectivity index (χ1v) is 7.75. The number of halogens is 3. The van der Waals surface area contributed by atoms with Gasteiger partial charge in [-0.2, -0.15) is 13.2 Å². The fourth-order valence-corrected chi connectivity index (χ4v) is 2.71. The van der Waals surface area contributed by atoms with Crippen molar-refractivity contribution in [2.75, 3.05) is 0 Å². The molecule has 26 heavy (non-hydrogen) atoms. The molecule has 0 spiro atoms. The molecular formula is C18H12F3N5. The first kappa shape index (κ1) is 16.2. The molecule has 3 heterocycles. The lowest BCUT2D eigenvalue weighted by molar-refractivity contribution is -0.137. The fourth-order valence-electron chi connectivity index (χ4n) is 2.71. The van der Waals surface area contributed by atoms with E-state index in [4.69, 9.17) is 0 Å². The lowest BCUT2D eigenvalue weighted by Crippen LogP contribution is -2.06. The Kier molecular flexibility index (Phi) is 3.68. The van der Waals surface area contributed by atoms with Crippen LogP contribution >= 0.6 is 0 Å². The third kappa shape index (κ3) is 2.79. The third-order valence-electron chi connectivity index (χ3n) is 3.95. The Morgan fingerprint density at radius 3 is 2.62 bits per heavy atom. The minimum atomic E-state index is -4.44. The molecule has 4 aromatic rings. The summed E-state index contributed by atoms with van der Waals surface area (Å²) in [6.45, 7) is 1.68. The van der Waals surface area contributed by atoms with Crippen LogP contribution in [0, 0.1) is 6.92 Å². The number of aromatic nitrogens is 3. The van der Waals surface area contributed by atoms with Gasteiger partial charge in [0.25, 0.3) is 0 Å². The van der Waals surface area contributed by atoms with Crippen LogP contribution in [-0.4, -0.2) is 14.4 Å². The van der Waals surface area contributed by atoms with Crippen molar-refractivity contribution in [2.24, 2.45) is 10.2 Å². The van der Waals surface area contributed by atoms with E-state index in [-0.39, 0.29) is 5.82 Å². The predicted molar refractivity (Wildman–Crippen MR) is 90.9 cm³/mol. The van der Waals surface area contributed by atoms with Crippen molar-refractivity contribution in [1.29, 1.82) is 0 Å². The topological polar surface area (TPSA) is 54.9 Å². The second-order valence-electron chi connectivity index (χ2n) is 5.72. The number of alkyl halides is 3. The summed E-state index contributed by atoms with van der Waals surface area (Å²) in [5.74, 6) is 0.249. The summed E-state index contributed by atoms with van der Waals surface area (Å²) in [4.78, 5) is 8.52. The number of fused-ring (bicyclic) bond motifs is 2. The molecular weight excluding hydrogens is 343 g/mol. The number of hydrogen-bond donors (Lipinski definition) is 0. The zero-order valence-corrected chi connectivity index (χ0v) is 13.6. The quantitative estimate of drug-likeness (QED) is 0.438. The maximum absolute atomic E-state index is 13.0. The summed E-state index contributed by atoms with van der Waals surface area (Å²) in [5.41, 5.74) is 1.29. The lowest BCUT2D eigenvalue weighted by Gasteiger charge is -2.07. The molecule has 8 heteroatoms. The maximum atomic E-state index is 13.0. The Morgan fingerprint density at radius 1 is 1.00 bits per heavy atom. The molecule has 4 rings (SSSR count). The second-order valence-corrected chi connectivity index (χ2v) is 5.72. The highest BCUT2D eigenvalue weighted by atomic mass is 19.4. The van der Waals surface area contributed by atoms with Gasteiger partial charge in [-0.25, -0.2) is 4.98 Å². The van der Waals surface area contributed by atoms with Crippen LogP contribution in [0.15, 0.2) is 65.1 Å². The number of azo groups is 1. The van der Waals surface area contributed by atoms with E-state index in [0.717, 1.165) is 17.6 Å². The summed E-state index contributed by atoms with van der Waals surface area (Å²) >= 11 is 0. The Balaban J connectivity index is 1.83. The zero-order chi connectivity index (χ0) is 18.3. The van der Waals surface area contributed by atoms with Crippen LogP contribution in [0.1, 0.15) is 11.3 Å². The van der Waals surface area contributed by atoms with Crippen molar-refractivity contribution in [3.05, 3.63) is 66.1 Å². The van der Waals surface area contributed by atoms with E-state index in [1.807, 2.05) is 24.3 Å². The SMILES string of the molecule is Cc1nc2ccc(C(F)(F)F)cn2c1N=Nc1cccc2cccnc12. The van der Waals surface area contributed by atoms with Crippen LogP contribution in [-0.2, 0) is 6.18 Å². The highest BCUT2D eigenvalue weighted by Crippen LogP contribution is 2.32. The van der Waals surface area contributed by atoms with E-state index in [2.05, 4.69) is 20.2 Å². The van der Waals surface area contributed by atoms with Gasteiger partial charge in [-0.1, -0.05) is 18.2 Å². The van der Waals surface area contributed by atoms with Crippen molar-refractivity contribution >= 4 is 28.1 Å². The number of nitrogens with zero attached hydrogens (tertiary/aromatic N) is 5. The molecule has 0 bridgehead atoms. The molecule has 0 atom stereocenters. The van der Waals surface area contributed by atoms with E-state index in [0.29, 0.717) is 22.5 Å². The smallest absolute Gasteiger partial charge is 0.282 e. The summed E-state index contributed by atoms with van der Waals surface area (Å²) in [6, 6.07) is 11.5. The van der Waals surface area contributed by atoms with E-state index in [1.165, 1.54) is 10.5 Å². The van der Waals surface area contributed by atoms with Crippen molar-refractivity contribution in [3.8, 4) is 0 Å². The molecule has 130 valence electrons. The van der Waals surface area contributed by atoms with E-state index < -0.39 is 11.7 Å².